The molecular weight excluding hydrogens is 336 g/mol. The van der Waals surface area contributed by atoms with Crippen LogP contribution < -0.4 is 9.47 Å². The van der Waals surface area contributed by atoms with Crippen molar-refractivity contribution >= 4 is 22.3 Å². The Labute approximate surface area is 148 Å². The molecule has 0 radical (unpaired) electrons. The van der Waals surface area contributed by atoms with E-state index in [0.717, 1.165) is 10.8 Å². The molecule has 6 heteroatoms. The van der Waals surface area contributed by atoms with Crippen molar-refractivity contribution in [2.45, 2.75) is 48.5 Å². The van der Waals surface area contributed by atoms with Crippen molar-refractivity contribution in [3.05, 3.63) is 36.4 Å². The molecule has 4 atom stereocenters. The first-order valence-electron chi connectivity index (χ1n) is 8.96. The molecule has 7 rings (SSSR count). The van der Waals surface area contributed by atoms with Crippen LogP contribution in [-0.2, 0) is 19.1 Å². The second-order valence-corrected chi connectivity index (χ2v) is 7.71. The Morgan fingerprint density at radius 2 is 1.73 bits per heavy atom. The minimum absolute atomic E-state index is 0.127. The van der Waals surface area contributed by atoms with Gasteiger partial charge in [-0.1, -0.05) is 24.3 Å². The van der Waals surface area contributed by atoms with Crippen molar-refractivity contribution in [3.63, 3.8) is 0 Å². The standard InChI is InChI=1S/C20H14O6/c21-13-8-3-9-18-16(22)15-17(23-15)20(19(13,18)26-18)24-11-6-1-4-10-5-2-7-12(25-20)14(10)11/h1-2,4-7,15,17H,3,8-9H2/t15-,17-,18+,19+/m0/s1. The van der Waals surface area contributed by atoms with Crippen molar-refractivity contribution in [1.82, 2.24) is 0 Å². The molecule has 1 spiro atoms. The number of Topliss-reactive ketones (excluding diaryl/α,β-unsaturated/α-hetero) is 2. The third-order valence-corrected chi connectivity index (χ3v) is 6.54. The molecule has 0 bridgehead atoms. The number of hydrogen-bond donors (Lipinski definition) is 0. The largest absolute Gasteiger partial charge is 0.446 e. The van der Waals surface area contributed by atoms with Gasteiger partial charge in [-0.25, -0.2) is 0 Å². The van der Waals surface area contributed by atoms with Crippen molar-refractivity contribution in [2.24, 2.45) is 0 Å². The van der Waals surface area contributed by atoms with Crippen LogP contribution >= 0.6 is 0 Å². The topological polar surface area (TPSA) is 77.7 Å². The van der Waals surface area contributed by atoms with Gasteiger partial charge in [-0.05, 0) is 30.4 Å². The number of benzene rings is 2. The zero-order chi connectivity index (χ0) is 17.3. The SMILES string of the molecule is O=C1[C@@H]2O[C@@H]2C2(Oc3cccc4cccc(c34)O2)[C@]23O[C@]12CCCC3=O. The predicted octanol–water partition coefficient (Wildman–Crippen LogP) is 1.92. The molecule has 5 aliphatic rings. The fraction of sp³-hybridized carbons (Fsp3) is 0.400. The predicted molar refractivity (Wildman–Crippen MR) is 87.0 cm³/mol. The average molecular weight is 350 g/mol. The summed E-state index contributed by atoms with van der Waals surface area (Å²) in [5, 5.41) is 1.85. The minimum atomic E-state index is -1.44. The quantitative estimate of drug-likeness (QED) is 0.676. The lowest BCUT2D eigenvalue weighted by molar-refractivity contribution is -0.192. The van der Waals surface area contributed by atoms with E-state index in [1.807, 2.05) is 36.4 Å². The summed E-state index contributed by atoms with van der Waals surface area (Å²) in [5.74, 6) is -0.440. The number of carbonyl (C=O) groups excluding carboxylic acids is 2. The van der Waals surface area contributed by atoms with Gasteiger partial charge in [0.05, 0.1) is 5.39 Å². The zero-order valence-electron chi connectivity index (χ0n) is 13.7. The van der Waals surface area contributed by atoms with E-state index in [9.17, 15) is 9.59 Å². The number of fused-ring (bicyclic) bond motifs is 2. The van der Waals surface area contributed by atoms with Gasteiger partial charge in [-0.2, -0.15) is 0 Å². The summed E-state index contributed by atoms with van der Waals surface area (Å²) in [6.45, 7) is 0. The maximum atomic E-state index is 13.0. The average Bonchev–Trinajstić information content (AvgIpc) is 3.54. The number of carbonyl (C=O) groups is 2. The lowest BCUT2D eigenvalue weighted by atomic mass is 9.66. The first-order valence-corrected chi connectivity index (χ1v) is 8.96. The first-order chi connectivity index (χ1) is 12.6. The Kier molecular flexibility index (Phi) is 2.00. The monoisotopic (exact) mass is 350 g/mol. The molecule has 130 valence electrons. The molecule has 3 heterocycles. The minimum Gasteiger partial charge on any atom is -0.446 e. The maximum absolute atomic E-state index is 13.0. The maximum Gasteiger partial charge on any atom is 0.320 e. The van der Waals surface area contributed by atoms with Crippen LogP contribution in [0.25, 0.3) is 10.8 Å². The molecular formula is C20H14O6. The molecule has 2 saturated heterocycles. The van der Waals surface area contributed by atoms with Gasteiger partial charge in [0.15, 0.2) is 29.4 Å². The van der Waals surface area contributed by atoms with E-state index in [2.05, 4.69) is 0 Å². The van der Waals surface area contributed by atoms with E-state index >= 15 is 0 Å². The van der Waals surface area contributed by atoms with Crippen molar-refractivity contribution in [3.8, 4) is 11.5 Å². The molecule has 0 amide bonds. The summed E-state index contributed by atoms with van der Waals surface area (Å²) in [6.07, 6.45) is 0.237. The van der Waals surface area contributed by atoms with Crippen LogP contribution in [0.3, 0.4) is 0 Å². The number of rotatable bonds is 0. The summed E-state index contributed by atoms with van der Waals surface area (Å²) in [4.78, 5) is 25.9. The fourth-order valence-corrected chi connectivity index (χ4v) is 5.39. The molecule has 0 N–H and O–H groups in total. The van der Waals surface area contributed by atoms with E-state index in [4.69, 9.17) is 18.9 Å². The molecule has 2 saturated carbocycles. The molecule has 4 fully saturated rings. The van der Waals surface area contributed by atoms with Crippen LogP contribution in [0, 0.1) is 0 Å². The molecule has 26 heavy (non-hydrogen) atoms. The molecule has 2 aliphatic carbocycles. The van der Waals surface area contributed by atoms with Crippen LogP contribution in [0.15, 0.2) is 36.4 Å². The zero-order valence-corrected chi connectivity index (χ0v) is 13.7. The van der Waals surface area contributed by atoms with E-state index in [1.54, 1.807) is 0 Å². The van der Waals surface area contributed by atoms with Crippen LogP contribution in [-0.4, -0.2) is 40.8 Å². The third-order valence-electron chi connectivity index (χ3n) is 6.54. The normalized spacial score (nSPS) is 40.2. The molecule has 0 unspecified atom stereocenters. The molecule has 0 aromatic heterocycles. The van der Waals surface area contributed by atoms with E-state index < -0.39 is 29.2 Å². The van der Waals surface area contributed by atoms with Gasteiger partial charge >= 0.3 is 5.79 Å². The number of ether oxygens (including phenoxy) is 4. The molecule has 2 aromatic rings. The number of ketones is 2. The van der Waals surface area contributed by atoms with Crippen LogP contribution in [0.5, 0.6) is 11.5 Å². The molecule has 6 nitrogen and oxygen atoms in total. The third kappa shape index (κ3) is 1.16. The summed E-state index contributed by atoms with van der Waals surface area (Å²) in [7, 11) is 0. The Balaban J connectivity index is 1.50. The van der Waals surface area contributed by atoms with E-state index in [-0.39, 0.29) is 11.6 Å². The van der Waals surface area contributed by atoms with Gasteiger partial charge in [-0.15, -0.1) is 0 Å². The van der Waals surface area contributed by atoms with Crippen LogP contribution in [0.1, 0.15) is 19.3 Å². The van der Waals surface area contributed by atoms with Gasteiger partial charge < -0.3 is 18.9 Å². The van der Waals surface area contributed by atoms with Crippen molar-refractivity contribution < 1.29 is 28.5 Å². The summed E-state index contributed by atoms with van der Waals surface area (Å²) < 4.78 is 24.4. The molecule has 2 aromatic carbocycles. The number of epoxide rings is 2. The highest BCUT2D eigenvalue weighted by Gasteiger charge is 2.98. The summed E-state index contributed by atoms with van der Waals surface area (Å²) in [6, 6.07) is 11.5. The highest BCUT2D eigenvalue weighted by molar-refractivity contribution is 6.11. The van der Waals surface area contributed by atoms with Gasteiger partial charge in [0.25, 0.3) is 0 Å². The van der Waals surface area contributed by atoms with Gasteiger partial charge in [-0.3, -0.25) is 9.59 Å². The van der Waals surface area contributed by atoms with Crippen LogP contribution in [0.2, 0.25) is 0 Å². The first kappa shape index (κ1) is 13.7. The smallest absolute Gasteiger partial charge is 0.320 e. The van der Waals surface area contributed by atoms with Gasteiger partial charge in [0.2, 0.25) is 5.60 Å². The summed E-state index contributed by atoms with van der Waals surface area (Å²) in [5.41, 5.74) is -2.55. The van der Waals surface area contributed by atoms with E-state index in [1.165, 1.54) is 0 Å². The second kappa shape index (κ2) is 3.80. The van der Waals surface area contributed by atoms with Gasteiger partial charge in [0.1, 0.15) is 11.5 Å². The lowest BCUT2D eigenvalue weighted by Gasteiger charge is -2.44. The molecule has 3 aliphatic heterocycles. The highest BCUT2D eigenvalue weighted by Crippen LogP contribution is 2.71. The van der Waals surface area contributed by atoms with E-state index in [0.29, 0.717) is 30.8 Å². The summed E-state index contributed by atoms with van der Waals surface area (Å²) >= 11 is 0. The lowest BCUT2D eigenvalue weighted by Crippen LogP contribution is -2.71. The second-order valence-electron chi connectivity index (χ2n) is 7.71. The Bertz CT molecular complexity index is 1020. The van der Waals surface area contributed by atoms with Crippen molar-refractivity contribution in [2.75, 3.05) is 0 Å². The van der Waals surface area contributed by atoms with Gasteiger partial charge in [0, 0.05) is 6.42 Å². The highest BCUT2D eigenvalue weighted by atomic mass is 16.8. The number of hydrogen-bond acceptors (Lipinski definition) is 6. The Morgan fingerprint density at radius 1 is 1.00 bits per heavy atom. The Morgan fingerprint density at radius 3 is 2.46 bits per heavy atom. The van der Waals surface area contributed by atoms with Crippen LogP contribution in [0.4, 0.5) is 0 Å². The Hall–Kier alpha value is -2.44. The fourth-order valence-electron chi connectivity index (χ4n) is 5.39. The van der Waals surface area contributed by atoms with Crippen molar-refractivity contribution in [1.29, 1.82) is 0 Å².